The first-order valence-corrected chi connectivity index (χ1v) is 14.7. The molecule has 0 saturated heterocycles. The first-order valence-electron chi connectivity index (χ1n) is 13.7. The van der Waals surface area contributed by atoms with Gasteiger partial charge < -0.3 is 10.1 Å². The van der Waals surface area contributed by atoms with Gasteiger partial charge in [-0.15, -0.1) is 0 Å². The summed E-state index contributed by atoms with van der Waals surface area (Å²) in [4.78, 5) is 43.7. The van der Waals surface area contributed by atoms with E-state index in [0.717, 1.165) is 11.1 Å². The molecule has 1 unspecified atom stereocenters. The number of urea groups is 1. The number of benzene rings is 3. The van der Waals surface area contributed by atoms with E-state index in [1.54, 1.807) is 13.0 Å². The van der Waals surface area contributed by atoms with Crippen molar-refractivity contribution in [3.05, 3.63) is 124 Å². The molecule has 1 aliphatic heterocycles. The van der Waals surface area contributed by atoms with Gasteiger partial charge in [0.25, 0.3) is 5.69 Å². The summed E-state index contributed by atoms with van der Waals surface area (Å²) in [6.45, 7) is 1.76. The van der Waals surface area contributed by atoms with E-state index in [0.29, 0.717) is 33.1 Å². The lowest BCUT2D eigenvalue weighted by Gasteiger charge is -2.34. The molecule has 1 atom stereocenters. The molecule has 0 bridgehead atoms. The third-order valence-electron chi connectivity index (χ3n) is 7.08. The minimum absolute atomic E-state index is 0.0810. The summed E-state index contributed by atoms with van der Waals surface area (Å²) in [6.07, 6.45) is 0. The van der Waals surface area contributed by atoms with Crippen molar-refractivity contribution in [2.24, 2.45) is 0 Å². The summed E-state index contributed by atoms with van der Waals surface area (Å²) in [5, 5.41) is 25.0. The topological polar surface area (TPSA) is 138 Å². The standard InChI is InChI=1S/C33H27N5O5S/c1-3-43-32(39)29-28(37(2)33(40)36-30(29)23-15-10-16-24(17-23)38(41)42)20-44-31-26(19-34)25(21-11-6-4-7-12-21)18-27(35-31)22-13-8-5-9-14-22/h4-18,30H,3,20H2,1-2H3,(H,36,40). The number of nitrogens with zero attached hydrogens (tertiary/aromatic N) is 4. The Kier molecular flexibility index (Phi) is 9.02. The average Bonchev–Trinajstić information content (AvgIpc) is 3.05. The van der Waals surface area contributed by atoms with Crippen LogP contribution >= 0.6 is 11.8 Å². The molecular weight excluding hydrogens is 578 g/mol. The van der Waals surface area contributed by atoms with Crippen LogP contribution in [0.2, 0.25) is 0 Å². The molecule has 2 heterocycles. The maximum absolute atomic E-state index is 13.4. The second-order valence-corrected chi connectivity index (χ2v) is 10.7. The molecule has 220 valence electrons. The van der Waals surface area contributed by atoms with Crippen LogP contribution in [0.4, 0.5) is 10.5 Å². The molecule has 0 saturated carbocycles. The number of rotatable bonds is 9. The molecule has 0 spiro atoms. The van der Waals surface area contributed by atoms with Crippen LogP contribution in [-0.2, 0) is 9.53 Å². The summed E-state index contributed by atoms with van der Waals surface area (Å²) < 4.78 is 5.39. The zero-order valence-electron chi connectivity index (χ0n) is 23.9. The number of nitrogens with one attached hydrogen (secondary N) is 1. The van der Waals surface area contributed by atoms with Crippen molar-refractivity contribution in [1.29, 1.82) is 5.26 Å². The van der Waals surface area contributed by atoms with Crippen LogP contribution in [0.25, 0.3) is 22.4 Å². The number of hydrogen-bond donors (Lipinski definition) is 1. The number of esters is 1. The van der Waals surface area contributed by atoms with Crippen LogP contribution in [0.15, 0.2) is 107 Å². The highest BCUT2D eigenvalue weighted by molar-refractivity contribution is 7.99. The molecule has 2 amide bonds. The summed E-state index contributed by atoms with van der Waals surface area (Å²) in [5.74, 6) is -0.583. The van der Waals surface area contributed by atoms with E-state index in [2.05, 4.69) is 11.4 Å². The summed E-state index contributed by atoms with van der Waals surface area (Å²) in [7, 11) is 1.53. The number of nitriles is 1. The molecule has 11 heteroatoms. The lowest BCUT2D eigenvalue weighted by Crippen LogP contribution is -2.47. The van der Waals surface area contributed by atoms with Crippen molar-refractivity contribution in [2.75, 3.05) is 19.4 Å². The van der Waals surface area contributed by atoms with Gasteiger partial charge in [-0.3, -0.25) is 15.0 Å². The van der Waals surface area contributed by atoms with Crippen LogP contribution in [0.5, 0.6) is 0 Å². The molecule has 1 aliphatic rings. The molecule has 1 N–H and O–H groups in total. The SMILES string of the molecule is CCOC(=O)C1=C(CSc2nc(-c3ccccc3)cc(-c3ccccc3)c2C#N)N(C)C(=O)NC1c1cccc([N+](=O)[O-])c1. The molecule has 4 aromatic rings. The molecule has 0 fully saturated rings. The lowest BCUT2D eigenvalue weighted by atomic mass is 9.94. The molecule has 44 heavy (non-hydrogen) atoms. The Hall–Kier alpha value is -5.47. The normalized spacial score (nSPS) is 14.5. The zero-order valence-corrected chi connectivity index (χ0v) is 24.7. The van der Waals surface area contributed by atoms with Gasteiger partial charge in [0.05, 0.1) is 34.4 Å². The van der Waals surface area contributed by atoms with Gasteiger partial charge in [0.15, 0.2) is 0 Å². The Labute approximate surface area is 258 Å². The van der Waals surface area contributed by atoms with Crippen LogP contribution in [0.1, 0.15) is 24.1 Å². The number of carbonyl (C=O) groups excluding carboxylic acids is 2. The third kappa shape index (κ3) is 6.16. The van der Waals surface area contributed by atoms with Crippen LogP contribution in [0, 0.1) is 21.4 Å². The van der Waals surface area contributed by atoms with E-state index in [9.17, 15) is 25.0 Å². The van der Waals surface area contributed by atoms with E-state index in [4.69, 9.17) is 9.72 Å². The van der Waals surface area contributed by atoms with Gasteiger partial charge in [-0.1, -0.05) is 84.6 Å². The number of hydrogen-bond acceptors (Lipinski definition) is 8. The predicted molar refractivity (Wildman–Crippen MR) is 166 cm³/mol. The highest BCUT2D eigenvalue weighted by atomic mass is 32.2. The molecule has 0 aliphatic carbocycles. The number of nitro benzene ring substituents is 1. The van der Waals surface area contributed by atoms with Gasteiger partial charge in [0.2, 0.25) is 0 Å². The molecule has 3 aromatic carbocycles. The number of carbonyl (C=O) groups is 2. The van der Waals surface area contributed by atoms with Crippen molar-refractivity contribution in [1.82, 2.24) is 15.2 Å². The van der Waals surface area contributed by atoms with E-state index < -0.39 is 23.0 Å². The van der Waals surface area contributed by atoms with Gasteiger partial charge in [-0.25, -0.2) is 14.6 Å². The molecule has 1 aromatic heterocycles. The quantitative estimate of drug-likeness (QED) is 0.0987. The number of aromatic nitrogens is 1. The number of amides is 2. The fraction of sp³-hybridized carbons (Fsp3) is 0.152. The van der Waals surface area contributed by atoms with Gasteiger partial charge in [0.1, 0.15) is 11.1 Å². The summed E-state index contributed by atoms with van der Waals surface area (Å²) in [5.41, 5.74) is 4.09. The summed E-state index contributed by atoms with van der Waals surface area (Å²) >= 11 is 1.22. The fourth-order valence-corrected chi connectivity index (χ4v) is 6.01. The van der Waals surface area contributed by atoms with Crippen molar-refractivity contribution in [2.45, 2.75) is 18.0 Å². The predicted octanol–water partition coefficient (Wildman–Crippen LogP) is 6.50. The lowest BCUT2D eigenvalue weighted by molar-refractivity contribution is -0.384. The minimum Gasteiger partial charge on any atom is -0.463 e. The van der Waals surface area contributed by atoms with Gasteiger partial charge in [-0.2, -0.15) is 5.26 Å². The summed E-state index contributed by atoms with van der Waals surface area (Å²) in [6, 6.07) is 27.6. The average molecular weight is 606 g/mol. The van der Waals surface area contributed by atoms with Crippen molar-refractivity contribution in [3.63, 3.8) is 0 Å². The van der Waals surface area contributed by atoms with Crippen LogP contribution in [0.3, 0.4) is 0 Å². The highest BCUT2D eigenvalue weighted by Crippen LogP contribution is 2.38. The first-order chi connectivity index (χ1) is 21.3. The molecule has 0 radical (unpaired) electrons. The molecular formula is C33H27N5O5S. The highest BCUT2D eigenvalue weighted by Gasteiger charge is 2.37. The Balaban J connectivity index is 1.63. The number of ether oxygens (including phenoxy) is 1. The largest absolute Gasteiger partial charge is 0.463 e. The second kappa shape index (κ2) is 13.2. The number of thioether (sulfide) groups is 1. The van der Waals surface area contributed by atoms with E-state index >= 15 is 0 Å². The Morgan fingerprint density at radius 3 is 2.39 bits per heavy atom. The van der Waals surface area contributed by atoms with Crippen LogP contribution in [-0.4, -0.2) is 46.2 Å². The molecule has 5 rings (SSSR count). The maximum Gasteiger partial charge on any atom is 0.338 e. The van der Waals surface area contributed by atoms with E-state index in [1.165, 1.54) is 41.9 Å². The van der Waals surface area contributed by atoms with Crippen LogP contribution < -0.4 is 5.32 Å². The van der Waals surface area contributed by atoms with Gasteiger partial charge in [0, 0.05) is 41.8 Å². The molecule has 10 nitrogen and oxygen atoms in total. The zero-order chi connectivity index (χ0) is 31.2. The first kappa shape index (κ1) is 30.0. The van der Waals surface area contributed by atoms with Crippen molar-refractivity contribution >= 4 is 29.4 Å². The monoisotopic (exact) mass is 605 g/mol. The fourth-order valence-electron chi connectivity index (χ4n) is 4.92. The van der Waals surface area contributed by atoms with Gasteiger partial charge >= 0.3 is 12.0 Å². The Morgan fingerprint density at radius 2 is 1.75 bits per heavy atom. The number of pyridine rings is 1. The van der Waals surface area contributed by atoms with E-state index in [-0.39, 0.29) is 23.6 Å². The van der Waals surface area contributed by atoms with Crippen molar-refractivity contribution in [3.8, 4) is 28.5 Å². The number of nitro groups is 1. The Morgan fingerprint density at radius 1 is 1.07 bits per heavy atom. The number of non-ortho nitro benzene ring substituents is 1. The maximum atomic E-state index is 13.4. The third-order valence-corrected chi connectivity index (χ3v) is 8.07. The minimum atomic E-state index is -0.993. The second-order valence-electron chi connectivity index (χ2n) is 9.74. The van der Waals surface area contributed by atoms with E-state index in [1.807, 2.05) is 66.7 Å². The van der Waals surface area contributed by atoms with Crippen molar-refractivity contribution < 1.29 is 19.2 Å². The smallest absolute Gasteiger partial charge is 0.338 e. The Bertz CT molecular complexity index is 1800. The van der Waals surface area contributed by atoms with Gasteiger partial charge in [-0.05, 0) is 24.1 Å².